The molecule has 0 radical (unpaired) electrons. The average molecular weight is 390 g/mol. The standard InChI is InChI=1S/C20H22O8/c1-5-27-19(25)15(11(3)21)17(23)13-7-9-14(10-8-13)18(24)16(12(4)22)20(26)28-6-2/h7-10,15-16H,5-6H2,1-4H3/t15-,16+. The summed E-state index contributed by atoms with van der Waals surface area (Å²) in [5.74, 6) is -7.93. The zero-order valence-electron chi connectivity index (χ0n) is 16.1. The van der Waals surface area contributed by atoms with E-state index in [2.05, 4.69) is 0 Å². The Kier molecular flexibility index (Phi) is 8.37. The van der Waals surface area contributed by atoms with Crippen molar-refractivity contribution in [2.24, 2.45) is 11.8 Å². The molecule has 0 unspecified atom stereocenters. The molecule has 0 saturated carbocycles. The number of Topliss-reactive ketones (excluding diaryl/α,β-unsaturated/α-hetero) is 4. The largest absolute Gasteiger partial charge is 0.465 e. The van der Waals surface area contributed by atoms with Crippen LogP contribution in [0.3, 0.4) is 0 Å². The van der Waals surface area contributed by atoms with Crippen LogP contribution in [-0.2, 0) is 28.7 Å². The van der Waals surface area contributed by atoms with Gasteiger partial charge in [0.2, 0.25) is 0 Å². The molecule has 0 aliphatic carbocycles. The van der Waals surface area contributed by atoms with Crippen molar-refractivity contribution in [1.29, 1.82) is 0 Å². The maximum atomic E-state index is 12.5. The molecular weight excluding hydrogens is 368 g/mol. The predicted octanol–water partition coefficient (Wildman–Crippen LogP) is 1.59. The van der Waals surface area contributed by atoms with Gasteiger partial charge in [-0.25, -0.2) is 0 Å². The Morgan fingerprint density at radius 3 is 1.18 bits per heavy atom. The average Bonchev–Trinajstić information content (AvgIpc) is 2.61. The number of esters is 2. The van der Waals surface area contributed by atoms with Gasteiger partial charge in [0.15, 0.2) is 35.0 Å². The predicted molar refractivity (Wildman–Crippen MR) is 96.7 cm³/mol. The van der Waals surface area contributed by atoms with E-state index in [4.69, 9.17) is 9.47 Å². The van der Waals surface area contributed by atoms with Gasteiger partial charge in [0.25, 0.3) is 0 Å². The molecule has 0 spiro atoms. The molecule has 1 aromatic rings. The Balaban J connectivity index is 3.12. The number of benzene rings is 1. The molecule has 0 bridgehead atoms. The lowest BCUT2D eigenvalue weighted by Gasteiger charge is -2.13. The number of carbonyl (C=O) groups is 6. The molecule has 150 valence electrons. The van der Waals surface area contributed by atoms with Crippen LogP contribution in [0.4, 0.5) is 0 Å². The van der Waals surface area contributed by atoms with Gasteiger partial charge >= 0.3 is 11.9 Å². The van der Waals surface area contributed by atoms with Gasteiger partial charge in [0, 0.05) is 11.1 Å². The number of ketones is 4. The van der Waals surface area contributed by atoms with E-state index in [1.807, 2.05) is 0 Å². The van der Waals surface area contributed by atoms with Crippen molar-refractivity contribution in [3.63, 3.8) is 0 Å². The van der Waals surface area contributed by atoms with Crippen LogP contribution in [0.15, 0.2) is 24.3 Å². The monoisotopic (exact) mass is 390 g/mol. The fraction of sp³-hybridized carbons (Fsp3) is 0.400. The van der Waals surface area contributed by atoms with Gasteiger partial charge in [0.05, 0.1) is 13.2 Å². The summed E-state index contributed by atoms with van der Waals surface area (Å²) in [4.78, 5) is 72.1. The van der Waals surface area contributed by atoms with Gasteiger partial charge in [-0.05, 0) is 27.7 Å². The first-order valence-electron chi connectivity index (χ1n) is 8.68. The topological polar surface area (TPSA) is 121 Å². The van der Waals surface area contributed by atoms with E-state index in [0.29, 0.717) is 0 Å². The zero-order valence-corrected chi connectivity index (χ0v) is 16.1. The highest BCUT2D eigenvalue weighted by Crippen LogP contribution is 2.17. The SMILES string of the molecule is CCOC(=O)[C@@H](C(C)=O)C(=O)c1ccc(C(=O)[C@@H](C(C)=O)C(=O)OCC)cc1. The van der Waals surface area contributed by atoms with Crippen molar-refractivity contribution < 1.29 is 38.2 Å². The van der Waals surface area contributed by atoms with E-state index < -0.39 is 46.9 Å². The highest BCUT2D eigenvalue weighted by Gasteiger charge is 2.35. The Morgan fingerprint density at radius 1 is 0.679 bits per heavy atom. The minimum atomic E-state index is -1.59. The van der Waals surface area contributed by atoms with Crippen LogP contribution < -0.4 is 0 Å². The number of hydrogen-bond acceptors (Lipinski definition) is 8. The van der Waals surface area contributed by atoms with Crippen molar-refractivity contribution >= 4 is 35.1 Å². The van der Waals surface area contributed by atoms with E-state index in [9.17, 15) is 28.8 Å². The van der Waals surface area contributed by atoms with Crippen molar-refractivity contribution in [3.05, 3.63) is 35.4 Å². The molecule has 0 aliphatic heterocycles. The normalized spacial score (nSPS) is 12.4. The van der Waals surface area contributed by atoms with Crippen LogP contribution in [-0.4, -0.2) is 48.3 Å². The van der Waals surface area contributed by atoms with Crippen LogP contribution >= 0.6 is 0 Å². The molecule has 0 saturated heterocycles. The van der Waals surface area contributed by atoms with Crippen LogP contribution in [0.2, 0.25) is 0 Å². The molecule has 1 aromatic carbocycles. The molecular formula is C20H22O8. The molecule has 0 fully saturated rings. The summed E-state index contributed by atoms with van der Waals surface area (Å²) in [5.41, 5.74) is 0.0284. The first-order chi connectivity index (χ1) is 13.1. The molecule has 28 heavy (non-hydrogen) atoms. The molecule has 0 heterocycles. The van der Waals surface area contributed by atoms with E-state index in [1.54, 1.807) is 13.8 Å². The summed E-state index contributed by atoms with van der Waals surface area (Å²) in [6, 6.07) is 4.97. The summed E-state index contributed by atoms with van der Waals surface area (Å²) in [6.45, 7) is 5.35. The second-order valence-corrected chi connectivity index (χ2v) is 5.90. The van der Waals surface area contributed by atoms with Gasteiger partial charge in [-0.2, -0.15) is 0 Å². The Hall–Kier alpha value is -3.16. The Labute approximate surface area is 162 Å². The first kappa shape index (κ1) is 22.9. The molecule has 2 atom stereocenters. The van der Waals surface area contributed by atoms with Crippen LogP contribution in [0.25, 0.3) is 0 Å². The van der Waals surface area contributed by atoms with Crippen molar-refractivity contribution in [3.8, 4) is 0 Å². The highest BCUT2D eigenvalue weighted by molar-refractivity contribution is 6.23. The van der Waals surface area contributed by atoms with E-state index >= 15 is 0 Å². The van der Waals surface area contributed by atoms with Gasteiger partial charge in [-0.15, -0.1) is 0 Å². The smallest absolute Gasteiger partial charge is 0.324 e. The molecule has 0 aromatic heterocycles. The van der Waals surface area contributed by atoms with Crippen molar-refractivity contribution in [2.45, 2.75) is 27.7 Å². The van der Waals surface area contributed by atoms with Crippen molar-refractivity contribution in [2.75, 3.05) is 13.2 Å². The lowest BCUT2D eigenvalue weighted by atomic mass is 9.91. The minimum Gasteiger partial charge on any atom is -0.465 e. The third kappa shape index (κ3) is 5.42. The van der Waals surface area contributed by atoms with Crippen LogP contribution in [0, 0.1) is 11.8 Å². The molecule has 0 N–H and O–H groups in total. The van der Waals surface area contributed by atoms with Gasteiger partial charge in [0.1, 0.15) is 0 Å². The highest BCUT2D eigenvalue weighted by atomic mass is 16.5. The van der Waals surface area contributed by atoms with E-state index in [-0.39, 0.29) is 24.3 Å². The Morgan fingerprint density at radius 2 is 0.964 bits per heavy atom. The van der Waals surface area contributed by atoms with E-state index in [0.717, 1.165) is 13.8 Å². The lowest BCUT2D eigenvalue weighted by Crippen LogP contribution is -2.33. The summed E-state index contributed by atoms with van der Waals surface area (Å²) in [7, 11) is 0. The minimum absolute atomic E-state index is 0.0142. The lowest BCUT2D eigenvalue weighted by molar-refractivity contribution is -0.150. The van der Waals surface area contributed by atoms with Crippen LogP contribution in [0.1, 0.15) is 48.4 Å². The first-order valence-corrected chi connectivity index (χ1v) is 8.68. The molecule has 8 heteroatoms. The summed E-state index contributed by atoms with van der Waals surface area (Å²) in [6.07, 6.45) is 0. The second-order valence-electron chi connectivity index (χ2n) is 5.90. The summed E-state index contributed by atoms with van der Waals surface area (Å²) >= 11 is 0. The molecule has 1 rings (SSSR count). The zero-order chi connectivity index (χ0) is 21.4. The summed E-state index contributed by atoms with van der Waals surface area (Å²) in [5, 5.41) is 0. The fourth-order valence-corrected chi connectivity index (χ4v) is 2.50. The quantitative estimate of drug-likeness (QED) is 0.335. The maximum absolute atomic E-state index is 12.5. The fourth-order valence-electron chi connectivity index (χ4n) is 2.50. The third-order valence-electron chi connectivity index (χ3n) is 3.84. The van der Waals surface area contributed by atoms with Crippen LogP contribution in [0.5, 0.6) is 0 Å². The molecule has 0 aliphatic rings. The molecule has 8 nitrogen and oxygen atoms in total. The summed E-state index contributed by atoms with van der Waals surface area (Å²) < 4.78 is 9.51. The van der Waals surface area contributed by atoms with Crippen molar-refractivity contribution in [1.82, 2.24) is 0 Å². The maximum Gasteiger partial charge on any atom is 0.324 e. The third-order valence-corrected chi connectivity index (χ3v) is 3.84. The number of rotatable bonds is 10. The van der Waals surface area contributed by atoms with Gasteiger partial charge in [-0.1, -0.05) is 24.3 Å². The van der Waals surface area contributed by atoms with Gasteiger partial charge < -0.3 is 9.47 Å². The van der Waals surface area contributed by atoms with E-state index in [1.165, 1.54) is 24.3 Å². The Bertz CT molecular complexity index is 724. The van der Waals surface area contributed by atoms with Gasteiger partial charge in [-0.3, -0.25) is 28.8 Å². The number of carbonyl (C=O) groups excluding carboxylic acids is 6. The number of hydrogen-bond donors (Lipinski definition) is 0. The second kappa shape index (κ2) is 10.2. The molecule has 0 amide bonds. The number of ether oxygens (including phenoxy) is 2.